The van der Waals surface area contributed by atoms with E-state index in [1.54, 1.807) is 19.2 Å². The van der Waals surface area contributed by atoms with Crippen LogP contribution in [-0.4, -0.2) is 31.5 Å². The topological polar surface area (TPSA) is 41.5 Å². The minimum Gasteiger partial charge on any atom is -0.396 e. The normalized spacial score (nSPS) is 14.4. The summed E-state index contributed by atoms with van der Waals surface area (Å²) in [4.78, 5) is 0. The first kappa shape index (κ1) is 15.1. The van der Waals surface area contributed by atoms with Gasteiger partial charge in [-0.3, -0.25) is 0 Å². The average molecular weight is 255 g/mol. The van der Waals surface area contributed by atoms with Crippen molar-refractivity contribution >= 4 is 0 Å². The third-order valence-corrected chi connectivity index (χ3v) is 2.94. The molecule has 0 aliphatic heterocycles. The van der Waals surface area contributed by atoms with E-state index >= 15 is 0 Å². The van der Waals surface area contributed by atoms with Gasteiger partial charge in [0, 0.05) is 25.8 Å². The Balaban J connectivity index is 2.70. The van der Waals surface area contributed by atoms with Crippen molar-refractivity contribution in [3.63, 3.8) is 0 Å². The molecule has 18 heavy (non-hydrogen) atoms. The standard InChI is InChI=1S/C14H22FNO2/c1-3-14(11-5-4-6-12(15)9-11)16-13(7-8-17)10-18-2/h4-6,9,13-14,16-17H,3,7-8,10H2,1-2H3. The molecular weight excluding hydrogens is 233 g/mol. The van der Waals surface area contributed by atoms with Gasteiger partial charge in [0.1, 0.15) is 5.82 Å². The summed E-state index contributed by atoms with van der Waals surface area (Å²) in [5.41, 5.74) is 0.927. The molecule has 0 aliphatic carbocycles. The molecule has 1 aromatic carbocycles. The van der Waals surface area contributed by atoms with Crippen molar-refractivity contribution in [2.75, 3.05) is 20.3 Å². The molecule has 1 aromatic rings. The molecule has 1 rings (SSSR count). The molecule has 2 unspecified atom stereocenters. The number of methoxy groups -OCH3 is 1. The molecule has 0 radical (unpaired) electrons. The predicted octanol–water partition coefficient (Wildman–Crippen LogP) is 2.26. The highest BCUT2D eigenvalue weighted by atomic mass is 19.1. The number of hydrogen-bond donors (Lipinski definition) is 2. The van der Waals surface area contributed by atoms with Crippen molar-refractivity contribution in [1.29, 1.82) is 0 Å². The second-order valence-corrected chi connectivity index (χ2v) is 4.35. The SMILES string of the molecule is CCC(NC(CCO)COC)c1cccc(F)c1. The highest BCUT2D eigenvalue weighted by molar-refractivity contribution is 5.20. The van der Waals surface area contributed by atoms with Gasteiger partial charge in [0.25, 0.3) is 0 Å². The first-order valence-electron chi connectivity index (χ1n) is 6.32. The summed E-state index contributed by atoms with van der Waals surface area (Å²) in [6.45, 7) is 2.69. The van der Waals surface area contributed by atoms with Crippen LogP contribution in [0, 0.1) is 5.82 Å². The van der Waals surface area contributed by atoms with Gasteiger partial charge < -0.3 is 15.2 Å². The lowest BCUT2D eigenvalue weighted by atomic mass is 10.0. The lowest BCUT2D eigenvalue weighted by Crippen LogP contribution is -2.36. The summed E-state index contributed by atoms with van der Waals surface area (Å²) in [6.07, 6.45) is 1.48. The summed E-state index contributed by atoms with van der Waals surface area (Å²) >= 11 is 0. The van der Waals surface area contributed by atoms with Gasteiger partial charge >= 0.3 is 0 Å². The molecule has 0 amide bonds. The number of benzene rings is 1. The van der Waals surface area contributed by atoms with E-state index in [9.17, 15) is 4.39 Å². The Labute approximate surface area is 108 Å². The Morgan fingerprint density at radius 2 is 2.22 bits per heavy atom. The van der Waals surface area contributed by atoms with E-state index in [-0.39, 0.29) is 24.5 Å². The van der Waals surface area contributed by atoms with Gasteiger partial charge in [0.15, 0.2) is 0 Å². The van der Waals surface area contributed by atoms with E-state index in [1.165, 1.54) is 6.07 Å². The second kappa shape index (κ2) is 8.19. The molecule has 0 aromatic heterocycles. The van der Waals surface area contributed by atoms with E-state index in [1.807, 2.05) is 13.0 Å². The zero-order valence-electron chi connectivity index (χ0n) is 11.0. The maximum atomic E-state index is 13.2. The van der Waals surface area contributed by atoms with Crippen molar-refractivity contribution < 1.29 is 14.2 Å². The van der Waals surface area contributed by atoms with Crippen molar-refractivity contribution in [3.8, 4) is 0 Å². The molecule has 0 saturated carbocycles. The maximum absolute atomic E-state index is 13.2. The molecule has 0 bridgehead atoms. The number of aliphatic hydroxyl groups is 1. The van der Waals surface area contributed by atoms with Crippen molar-refractivity contribution in [2.24, 2.45) is 0 Å². The minimum absolute atomic E-state index is 0.0763. The molecule has 4 heteroatoms. The van der Waals surface area contributed by atoms with Crippen LogP contribution >= 0.6 is 0 Å². The molecule has 0 spiro atoms. The third-order valence-electron chi connectivity index (χ3n) is 2.94. The molecular formula is C14H22FNO2. The molecule has 0 heterocycles. The zero-order chi connectivity index (χ0) is 13.4. The number of hydrogen-bond acceptors (Lipinski definition) is 3. The highest BCUT2D eigenvalue weighted by Gasteiger charge is 2.15. The lowest BCUT2D eigenvalue weighted by Gasteiger charge is -2.24. The van der Waals surface area contributed by atoms with E-state index in [4.69, 9.17) is 9.84 Å². The van der Waals surface area contributed by atoms with Crippen LogP contribution in [0.25, 0.3) is 0 Å². The molecule has 102 valence electrons. The Morgan fingerprint density at radius 1 is 1.44 bits per heavy atom. The van der Waals surface area contributed by atoms with E-state index in [0.29, 0.717) is 13.0 Å². The van der Waals surface area contributed by atoms with Crippen LogP contribution in [0.4, 0.5) is 4.39 Å². The molecule has 0 saturated heterocycles. The zero-order valence-corrected chi connectivity index (χ0v) is 11.0. The fourth-order valence-electron chi connectivity index (χ4n) is 2.03. The minimum atomic E-state index is -0.224. The van der Waals surface area contributed by atoms with Crippen molar-refractivity contribution in [2.45, 2.75) is 31.8 Å². The summed E-state index contributed by atoms with van der Waals surface area (Å²) in [6, 6.07) is 6.76. The predicted molar refractivity (Wildman–Crippen MR) is 69.9 cm³/mol. The van der Waals surface area contributed by atoms with Gasteiger partial charge in [0.2, 0.25) is 0 Å². The third kappa shape index (κ3) is 4.72. The number of ether oxygens (including phenoxy) is 1. The van der Waals surface area contributed by atoms with Crippen LogP contribution in [0.5, 0.6) is 0 Å². The van der Waals surface area contributed by atoms with E-state index in [2.05, 4.69) is 5.32 Å². The van der Waals surface area contributed by atoms with Gasteiger partial charge in [-0.25, -0.2) is 4.39 Å². The largest absolute Gasteiger partial charge is 0.396 e. The Morgan fingerprint density at radius 3 is 2.78 bits per heavy atom. The molecule has 0 aliphatic rings. The van der Waals surface area contributed by atoms with Crippen molar-refractivity contribution in [3.05, 3.63) is 35.6 Å². The smallest absolute Gasteiger partial charge is 0.123 e. The highest BCUT2D eigenvalue weighted by Crippen LogP contribution is 2.18. The molecule has 2 atom stereocenters. The fourth-order valence-corrected chi connectivity index (χ4v) is 2.03. The number of halogens is 1. The van der Waals surface area contributed by atoms with Crippen LogP contribution in [-0.2, 0) is 4.74 Å². The molecule has 2 N–H and O–H groups in total. The maximum Gasteiger partial charge on any atom is 0.123 e. The summed E-state index contributed by atoms with van der Waals surface area (Å²) in [5, 5.41) is 12.4. The van der Waals surface area contributed by atoms with Crippen LogP contribution in [0.2, 0.25) is 0 Å². The summed E-state index contributed by atoms with van der Waals surface area (Å²) < 4.78 is 18.3. The summed E-state index contributed by atoms with van der Waals surface area (Å²) in [5.74, 6) is -0.224. The van der Waals surface area contributed by atoms with Crippen molar-refractivity contribution in [1.82, 2.24) is 5.32 Å². The quantitative estimate of drug-likeness (QED) is 0.748. The first-order valence-corrected chi connectivity index (χ1v) is 6.32. The van der Waals surface area contributed by atoms with Crippen LogP contribution in [0.1, 0.15) is 31.4 Å². The number of nitrogens with one attached hydrogen (secondary N) is 1. The van der Waals surface area contributed by atoms with Gasteiger partial charge in [-0.15, -0.1) is 0 Å². The van der Waals surface area contributed by atoms with Gasteiger partial charge in [0.05, 0.1) is 6.61 Å². The Kier molecular flexibility index (Phi) is 6.86. The Hall–Kier alpha value is -0.970. The van der Waals surface area contributed by atoms with E-state index in [0.717, 1.165) is 12.0 Å². The lowest BCUT2D eigenvalue weighted by molar-refractivity contribution is 0.142. The van der Waals surface area contributed by atoms with Crippen LogP contribution < -0.4 is 5.32 Å². The van der Waals surface area contributed by atoms with Gasteiger partial charge in [-0.2, -0.15) is 0 Å². The van der Waals surface area contributed by atoms with Crippen LogP contribution in [0.15, 0.2) is 24.3 Å². The number of aliphatic hydroxyl groups excluding tert-OH is 1. The van der Waals surface area contributed by atoms with Crippen LogP contribution in [0.3, 0.4) is 0 Å². The summed E-state index contributed by atoms with van der Waals surface area (Å²) in [7, 11) is 1.63. The van der Waals surface area contributed by atoms with Gasteiger partial charge in [-0.1, -0.05) is 19.1 Å². The Bertz CT molecular complexity index is 340. The van der Waals surface area contributed by atoms with E-state index < -0.39 is 0 Å². The first-order chi connectivity index (χ1) is 8.71. The average Bonchev–Trinajstić information content (AvgIpc) is 2.36. The number of rotatable bonds is 8. The molecule has 3 nitrogen and oxygen atoms in total. The molecule has 0 fully saturated rings. The monoisotopic (exact) mass is 255 g/mol. The fraction of sp³-hybridized carbons (Fsp3) is 0.571. The second-order valence-electron chi connectivity index (χ2n) is 4.35. The van der Waals surface area contributed by atoms with Gasteiger partial charge in [-0.05, 0) is 30.5 Å².